The SMILES string of the molecule is CCCOCC(COCCC)C(=O)OC. The lowest BCUT2D eigenvalue weighted by Gasteiger charge is -2.14. The van der Waals surface area contributed by atoms with Crippen molar-refractivity contribution in [2.45, 2.75) is 26.7 Å². The van der Waals surface area contributed by atoms with Crippen LogP contribution in [-0.2, 0) is 19.0 Å². The van der Waals surface area contributed by atoms with Crippen LogP contribution < -0.4 is 0 Å². The van der Waals surface area contributed by atoms with Crippen LogP contribution >= 0.6 is 0 Å². The highest BCUT2D eigenvalue weighted by atomic mass is 16.5. The molecule has 0 N–H and O–H groups in total. The van der Waals surface area contributed by atoms with E-state index in [9.17, 15) is 4.79 Å². The molecule has 0 saturated heterocycles. The molecule has 4 nitrogen and oxygen atoms in total. The fraction of sp³-hybridized carbons (Fsp3) is 0.909. The average Bonchev–Trinajstić information content (AvgIpc) is 2.26. The summed E-state index contributed by atoms with van der Waals surface area (Å²) in [6.45, 7) is 6.15. The lowest BCUT2D eigenvalue weighted by molar-refractivity contribution is -0.150. The Morgan fingerprint density at radius 2 is 1.53 bits per heavy atom. The Bertz CT molecular complexity index is 149. The first-order valence-electron chi connectivity index (χ1n) is 5.49. The smallest absolute Gasteiger partial charge is 0.313 e. The van der Waals surface area contributed by atoms with Crippen molar-refractivity contribution in [3.05, 3.63) is 0 Å². The number of esters is 1. The Kier molecular flexibility index (Phi) is 9.52. The predicted octanol–water partition coefficient (Wildman–Crippen LogP) is 1.63. The second kappa shape index (κ2) is 9.93. The number of methoxy groups -OCH3 is 1. The Morgan fingerprint density at radius 1 is 1.07 bits per heavy atom. The van der Waals surface area contributed by atoms with E-state index in [-0.39, 0.29) is 11.9 Å². The molecule has 0 amide bonds. The van der Waals surface area contributed by atoms with Gasteiger partial charge in [0.2, 0.25) is 0 Å². The summed E-state index contributed by atoms with van der Waals surface area (Å²) < 4.78 is 15.3. The van der Waals surface area contributed by atoms with Crippen LogP contribution in [0.3, 0.4) is 0 Å². The van der Waals surface area contributed by atoms with Crippen molar-refractivity contribution >= 4 is 5.97 Å². The van der Waals surface area contributed by atoms with Gasteiger partial charge in [-0.25, -0.2) is 0 Å². The first kappa shape index (κ1) is 14.4. The van der Waals surface area contributed by atoms with Gasteiger partial charge in [-0.15, -0.1) is 0 Å². The number of carbonyl (C=O) groups excluding carboxylic acids is 1. The molecule has 0 aromatic carbocycles. The largest absolute Gasteiger partial charge is 0.469 e. The van der Waals surface area contributed by atoms with Gasteiger partial charge in [0.1, 0.15) is 5.92 Å². The zero-order valence-electron chi connectivity index (χ0n) is 9.95. The molecule has 90 valence electrons. The minimum atomic E-state index is -0.298. The van der Waals surface area contributed by atoms with Crippen LogP contribution in [0.2, 0.25) is 0 Å². The molecule has 0 aromatic rings. The van der Waals surface area contributed by atoms with Gasteiger partial charge in [-0.05, 0) is 12.8 Å². The maximum atomic E-state index is 11.3. The molecule has 4 heteroatoms. The van der Waals surface area contributed by atoms with E-state index in [1.165, 1.54) is 7.11 Å². The number of carbonyl (C=O) groups is 1. The molecule has 0 aliphatic carbocycles. The van der Waals surface area contributed by atoms with Gasteiger partial charge in [-0.3, -0.25) is 4.79 Å². The fourth-order valence-corrected chi connectivity index (χ4v) is 1.09. The molecule has 0 bridgehead atoms. The number of ether oxygens (including phenoxy) is 3. The van der Waals surface area contributed by atoms with Crippen molar-refractivity contribution in [2.24, 2.45) is 5.92 Å². The molecule has 0 aromatic heterocycles. The van der Waals surface area contributed by atoms with Crippen molar-refractivity contribution in [3.8, 4) is 0 Å². The summed E-state index contributed by atoms with van der Waals surface area (Å²) in [7, 11) is 1.38. The Morgan fingerprint density at radius 3 is 1.87 bits per heavy atom. The Balaban J connectivity index is 3.79. The normalized spacial score (nSPS) is 10.7. The van der Waals surface area contributed by atoms with Crippen molar-refractivity contribution in [3.63, 3.8) is 0 Å². The van der Waals surface area contributed by atoms with Gasteiger partial charge in [0.15, 0.2) is 0 Å². The van der Waals surface area contributed by atoms with Gasteiger partial charge >= 0.3 is 5.97 Å². The third kappa shape index (κ3) is 7.33. The highest BCUT2D eigenvalue weighted by molar-refractivity contribution is 5.72. The third-order valence-electron chi connectivity index (χ3n) is 1.87. The summed E-state index contributed by atoms with van der Waals surface area (Å²) in [6.07, 6.45) is 1.90. The molecular formula is C11H22O4. The predicted molar refractivity (Wildman–Crippen MR) is 57.7 cm³/mol. The van der Waals surface area contributed by atoms with E-state index >= 15 is 0 Å². The lowest BCUT2D eigenvalue weighted by Crippen LogP contribution is -2.26. The summed E-state index contributed by atoms with van der Waals surface area (Å²) in [6, 6.07) is 0. The lowest BCUT2D eigenvalue weighted by atomic mass is 10.2. The Hall–Kier alpha value is -0.610. The zero-order chi connectivity index (χ0) is 11.5. The molecule has 0 aliphatic heterocycles. The average molecular weight is 218 g/mol. The number of hydrogen-bond acceptors (Lipinski definition) is 4. The van der Waals surface area contributed by atoms with E-state index in [2.05, 4.69) is 4.74 Å². The van der Waals surface area contributed by atoms with Gasteiger partial charge < -0.3 is 14.2 Å². The van der Waals surface area contributed by atoms with Gasteiger partial charge in [0.25, 0.3) is 0 Å². The fourth-order valence-electron chi connectivity index (χ4n) is 1.09. The third-order valence-corrected chi connectivity index (χ3v) is 1.87. The molecule has 0 aliphatic rings. The summed E-state index contributed by atoms with van der Waals surface area (Å²) in [5.41, 5.74) is 0. The van der Waals surface area contributed by atoms with Crippen LogP contribution in [-0.4, -0.2) is 39.5 Å². The second-order valence-electron chi connectivity index (χ2n) is 3.37. The van der Waals surface area contributed by atoms with Crippen LogP contribution in [0.25, 0.3) is 0 Å². The van der Waals surface area contributed by atoms with Gasteiger partial charge in [-0.2, -0.15) is 0 Å². The summed E-state index contributed by atoms with van der Waals surface area (Å²) in [4.78, 5) is 11.3. The quantitative estimate of drug-likeness (QED) is 0.436. The maximum Gasteiger partial charge on any atom is 0.313 e. The number of hydrogen-bond donors (Lipinski definition) is 0. The molecule has 0 spiro atoms. The van der Waals surface area contributed by atoms with E-state index in [0.29, 0.717) is 26.4 Å². The molecule has 0 rings (SSSR count). The van der Waals surface area contributed by atoms with Crippen LogP contribution in [0.1, 0.15) is 26.7 Å². The number of rotatable bonds is 9. The zero-order valence-corrected chi connectivity index (χ0v) is 9.95. The summed E-state index contributed by atoms with van der Waals surface area (Å²) >= 11 is 0. The van der Waals surface area contributed by atoms with Crippen LogP contribution in [0, 0.1) is 5.92 Å². The van der Waals surface area contributed by atoms with E-state index in [1.54, 1.807) is 0 Å². The molecule has 0 unspecified atom stereocenters. The molecule has 15 heavy (non-hydrogen) atoms. The first-order chi connectivity index (χ1) is 7.26. The van der Waals surface area contributed by atoms with Crippen molar-refractivity contribution < 1.29 is 19.0 Å². The minimum Gasteiger partial charge on any atom is -0.469 e. The van der Waals surface area contributed by atoms with Crippen LogP contribution in [0.4, 0.5) is 0 Å². The molecule has 0 heterocycles. The molecule has 0 radical (unpaired) electrons. The van der Waals surface area contributed by atoms with Crippen molar-refractivity contribution in [1.29, 1.82) is 0 Å². The van der Waals surface area contributed by atoms with Gasteiger partial charge in [-0.1, -0.05) is 13.8 Å². The maximum absolute atomic E-state index is 11.3. The highest BCUT2D eigenvalue weighted by Crippen LogP contribution is 2.02. The van der Waals surface area contributed by atoms with E-state index in [4.69, 9.17) is 9.47 Å². The molecule has 0 atom stereocenters. The molecule has 0 fully saturated rings. The van der Waals surface area contributed by atoms with E-state index in [1.807, 2.05) is 13.8 Å². The second-order valence-corrected chi connectivity index (χ2v) is 3.37. The highest BCUT2D eigenvalue weighted by Gasteiger charge is 2.19. The van der Waals surface area contributed by atoms with Crippen LogP contribution in [0.15, 0.2) is 0 Å². The molecule has 0 saturated carbocycles. The van der Waals surface area contributed by atoms with Crippen molar-refractivity contribution in [2.75, 3.05) is 33.5 Å². The minimum absolute atomic E-state index is 0.262. The van der Waals surface area contributed by atoms with E-state index in [0.717, 1.165) is 12.8 Å². The first-order valence-corrected chi connectivity index (χ1v) is 5.49. The Labute approximate surface area is 91.9 Å². The van der Waals surface area contributed by atoms with Crippen molar-refractivity contribution in [1.82, 2.24) is 0 Å². The van der Waals surface area contributed by atoms with Gasteiger partial charge in [0.05, 0.1) is 20.3 Å². The van der Waals surface area contributed by atoms with Crippen LogP contribution in [0.5, 0.6) is 0 Å². The van der Waals surface area contributed by atoms with E-state index < -0.39 is 0 Å². The summed E-state index contributed by atoms with van der Waals surface area (Å²) in [5, 5.41) is 0. The van der Waals surface area contributed by atoms with Gasteiger partial charge in [0, 0.05) is 13.2 Å². The topological polar surface area (TPSA) is 44.8 Å². The standard InChI is InChI=1S/C11H22O4/c1-4-6-14-8-10(11(12)13-3)9-15-7-5-2/h10H,4-9H2,1-3H3. The monoisotopic (exact) mass is 218 g/mol. The molecular weight excluding hydrogens is 196 g/mol. The summed E-state index contributed by atoms with van der Waals surface area (Å²) in [5.74, 6) is -0.560.